The van der Waals surface area contributed by atoms with Crippen LogP contribution in [0.2, 0.25) is 0 Å². The molecule has 1 aromatic rings. The van der Waals surface area contributed by atoms with Gasteiger partial charge in [-0.3, -0.25) is 0 Å². The smallest absolute Gasteiger partial charge is 0.330 e. The summed E-state index contributed by atoms with van der Waals surface area (Å²) in [5.41, 5.74) is 1.56. The van der Waals surface area contributed by atoms with Crippen LogP contribution >= 0.6 is 0 Å². The van der Waals surface area contributed by atoms with Crippen molar-refractivity contribution in [1.82, 2.24) is 0 Å². The monoisotopic (exact) mass is 276 g/mol. The minimum Gasteiger partial charge on any atom is -0.478 e. The lowest BCUT2D eigenvalue weighted by molar-refractivity contribution is -0.133. The predicted molar refractivity (Wildman–Crippen MR) is 81.4 cm³/mol. The lowest BCUT2D eigenvalue weighted by Crippen LogP contribution is -1.93. The van der Waals surface area contributed by atoms with Gasteiger partial charge in [-0.1, -0.05) is 55.6 Å². The van der Waals surface area contributed by atoms with Gasteiger partial charge in [-0.25, -0.2) is 9.59 Å². The quantitative estimate of drug-likeness (QED) is 0.827. The third kappa shape index (κ3) is 13.4. The summed E-state index contributed by atoms with van der Waals surface area (Å²) in [6, 6.07) is 10.0. The summed E-state index contributed by atoms with van der Waals surface area (Å²) in [6.07, 6.45) is 4.22. The second-order valence-electron chi connectivity index (χ2n) is 3.43. The zero-order chi connectivity index (χ0) is 16.0. The van der Waals surface area contributed by atoms with E-state index in [9.17, 15) is 9.59 Å². The molecule has 0 aliphatic heterocycles. The molecule has 1 aromatic carbocycles. The fourth-order valence-electron chi connectivity index (χ4n) is 0.713. The van der Waals surface area contributed by atoms with Crippen LogP contribution in [0.25, 0.3) is 6.08 Å². The van der Waals surface area contributed by atoms with E-state index >= 15 is 0 Å². The van der Waals surface area contributed by atoms with E-state index < -0.39 is 11.9 Å². The highest BCUT2D eigenvalue weighted by atomic mass is 16.4. The Bertz CT molecular complexity index is 459. The first-order chi connectivity index (χ1) is 9.38. The zero-order valence-corrected chi connectivity index (χ0v) is 11.7. The molecule has 0 saturated carbocycles. The van der Waals surface area contributed by atoms with Gasteiger partial charge in [0.2, 0.25) is 0 Å². The highest BCUT2D eigenvalue weighted by Gasteiger charge is 1.93. The van der Waals surface area contributed by atoms with Crippen molar-refractivity contribution in [3.05, 3.63) is 66.8 Å². The molecule has 1 rings (SSSR count). The molecule has 108 valence electrons. The molecule has 0 saturated heterocycles. The Hall–Kier alpha value is -2.62. The van der Waals surface area contributed by atoms with E-state index in [2.05, 4.69) is 13.2 Å². The maximum Gasteiger partial charge on any atom is 0.330 e. The Balaban J connectivity index is 0. The van der Waals surface area contributed by atoms with Gasteiger partial charge in [0, 0.05) is 11.6 Å². The van der Waals surface area contributed by atoms with E-state index in [0.29, 0.717) is 5.57 Å². The SMILES string of the molecule is C=CC(=O)O.C=Cc1ccccc1.CC=C(C)C(=O)O. The van der Waals surface area contributed by atoms with E-state index in [1.165, 1.54) is 5.56 Å². The van der Waals surface area contributed by atoms with Gasteiger partial charge < -0.3 is 10.2 Å². The Morgan fingerprint density at radius 1 is 1.10 bits per heavy atom. The van der Waals surface area contributed by atoms with Crippen LogP contribution in [0.1, 0.15) is 19.4 Å². The van der Waals surface area contributed by atoms with Crippen molar-refractivity contribution in [3.63, 3.8) is 0 Å². The average molecular weight is 276 g/mol. The first-order valence-corrected chi connectivity index (χ1v) is 5.78. The fraction of sp³-hybridized carbons (Fsp3) is 0.125. The first kappa shape index (κ1) is 19.7. The van der Waals surface area contributed by atoms with Gasteiger partial charge in [0.15, 0.2) is 0 Å². The number of benzene rings is 1. The van der Waals surface area contributed by atoms with Crippen LogP contribution in [0.3, 0.4) is 0 Å². The number of hydrogen-bond acceptors (Lipinski definition) is 2. The molecule has 0 fully saturated rings. The number of carboxylic acid groups (broad SMARTS) is 2. The van der Waals surface area contributed by atoms with Gasteiger partial charge in [-0.15, -0.1) is 0 Å². The number of allylic oxidation sites excluding steroid dienone is 1. The molecule has 20 heavy (non-hydrogen) atoms. The molecule has 0 aromatic heterocycles. The molecule has 0 heterocycles. The van der Waals surface area contributed by atoms with Crippen LogP contribution < -0.4 is 0 Å². The maximum atomic E-state index is 9.86. The lowest BCUT2D eigenvalue weighted by Gasteiger charge is -1.85. The van der Waals surface area contributed by atoms with Crippen molar-refractivity contribution >= 4 is 18.0 Å². The zero-order valence-electron chi connectivity index (χ0n) is 11.7. The summed E-state index contributed by atoms with van der Waals surface area (Å²) < 4.78 is 0. The molecule has 0 spiro atoms. The van der Waals surface area contributed by atoms with Crippen LogP contribution in [0.4, 0.5) is 0 Å². The Morgan fingerprint density at radius 3 is 1.70 bits per heavy atom. The first-order valence-electron chi connectivity index (χ1n) is 5.78. The lowest BCUT2D eigenvalue weighted by atomic mass is 10.2. The molecule has 2 N–H and O–H groups in total. The highest BCUT2D eigenvalue weighted by molar-refractivity contribution is 5.85. The summed E-state index contributed by atoms with van der Waals surface area (Å²) in [7, 11) is 0. The molecule has 0 aliphatic rings. The minimum atomic E-state index is -0.981. The Labute approximate surface area is 119 Å². The molecule has 0 amide bonds. The van der Waals surface area contributed by atoms with E-state index in [1.54, 1.807) is 19.9 Å². The second kappa shape index (κ2) is 12.8. The van der Waals surface area contributed by atoms with Gasteiger partial charge in [0.25, 0.3) is 0 Å². The van der Waals surface area contributed by atoms with Gasteiger partial charge >= 0.3 is 11.9 Å². The minimum absolute atomic E-state index is 0.389. The summed E-state index contributed by atoms with van der Waals surface area (Å²) in [5, 5.41) is 15.7. The van der Waals surface area contributed by atoms with Crippen LogP contribution in [0.5, 0.6) is 0 Å². The largest absolute Gasteiger partial charge is 0.478 e. The fourth-order valence-corrected chi connectivity index (χ4v) is 0.713. The number of carboxylic acids is 2. The van der Waals surface area contributed by atoms with Crippen molar-refractivity contribution in [2.45, 2.75) is 13.8 Å². The number of rotatable bonds is 3. The van der Waals surface area contributed by atoms with E-state index in [-0.39, 0.29) is 0 Å². The van der Waals surface area contributed by atoms with Crippen LogP contribution in [0, 0.1) is 0 Å². The summed E-state index contributed by atoms with van der Waals surface area (Å²) in [6.45, 7) is 9.85. The van der Waals surface area contributed by atoms with Crippen LogP contribution in [-0.2, 0) is 9.59 Å². The normalized spacial score (nSPS) is 9.00. The van der Waals surface area contributed by atoms with E-state index in [4.69, 9.17) is 10.2 Å². The molecule has 4 nitrogen and oxygen atoms in total. The van der Waals surface area contributed by atoms with Crippen molar-refractivity contribution < 1.29 is 19.8 Å². The highest BCUT2D eigenvalue weighted by Crippen LogP contribution is 1.97. The molecule has 0 aliphatic carbocycles. The number of hydrogen-bond donors (Lipinski definition) is 2. The maximum absolute atomic E-state index is 9.86. The summed E-state index contributed by atoms with van der Waals surface area (Å²) in [4.78, 5) is 19.1. The molecule has 0 bridgehead atoms. The van der Waals surface area contributed by atoms with Crippen molar-refractivity contribution in [2.24, 2.45) is 0 Å². The molecule has 0 atom stereocenters. The second-order valence-corrected chi connectivity index (χ2v) is 3.43. The van der Waals surface area contributed by atoms with Gasteiger partial charge in [-0.2, -0.15) is 0 Å². The predicted octanol–water partition coefficient (Wildman–Crippen LogP) is 3.62. The summed E-state index contributed by atoms with van der Waals surface area (Å²) in [5.74, 6) is -1.83. The molecular weight excluding hydrogens is 256 g/mol. The number of carbonyl (C=O) groups is 2. The van der Waals surface area contributed by atoms with E-state index in [0.717, 1.165) is 6.08 Å². The van der Waals surface area contributed by atoms with Gasteiger partial charge in [0.05, 0.1) is 0 Å². The van der Waals surface area contributed by atoms with Crippen molar-refractivity contribution in [1.29, 1.82) is 0 Å². The standard InChI is InChI=1S/C8H8.C5H8O2.C3H4O2/c1-2-8-6-4-3-5-7-8;1-3-4(2)5(6)7;1-2-3(4)5/h2-7H,1H2;3H,1-2H3,(H,6,7);2H,1H2,(H,4,5). The van der Waals surface area contributed by atoms with E-state index in [1.807, 2.05) is 36.4 Å². The van der Waals surface area contributed by atoms with Gasteiger partial charge in [-0.05, 0) is 19.4 Å². The third-order valence-electron chi connectivity index (χ3n) is 1.98. The van der Waals surface area contributed by atoms with Crippen molar-refractivity contribution in [2.75, 3.05) is 0 Å². The van der Waals surface area contributed by atoms with Gasteiger partial charge in [0.1, 0.15) is 0 Å². The number of aliphatic carboxylic acids is 2. The Kier molecular flexibility index (Phi) is 12.6. The summed E-state index contributed by atoms with van der Waals surface area (Å²) >= 11 is 0. The van der Waals surface area contributed by atoms with Crippen LogP contribution in [0.15, 0.2) is 61.2 Å². The van der Waals surface area contributed by atoms with Crippen LogP contribution in [-0.4, -0.2) is 22.2 Å². The third-order valence-corrected chi connectivity index (χ3v) is 1.98. The topological polar surface area (TPSA) is 74.6 Å². The Morgan fingerprint density at radius 2 is 1.55 bits per heavy atom. The molecular formula is C16H20O4. The van der Waals surface area contributed by atoms with Crippen molar-refractivity contribution in [3.8, 4) is 0 Å². The average Bonchev–Trinajstić information content (AvgIpc) is 2.48. The molecule has 4 heteroatoms. The molecule has 0 radical (unpaired) electrons. The molecule has 0 unspecified atom stereocenters.